The highest BCUT2D eigenvalue weighted by Crippen LogP contribution is 2.40. The first kappa shape index (κ1) is 22.3. The van der Waals surface area contributed by atoms with E-state index in [1.54, 1.807) is 6.20 Å². The molecular weight excluding hydrogens is 402 g/mol. The van der Waals surface area contributed by atoms with Crippen LogP contribution in [0.3, 0.4) is 0 Å². The van der Waals surface area contributed by atoms with Crippen molar-refractivity contribution in [2.75, 3.05) is 12.4 Å². The lowest BCUT2D eigenvalue weighted by Crippen LogP contribution is -2.49. The summed E-state index contributed by atoms with van der Waals surface area (Å²) in [5, 5.41) is 24.5. The molecule has 10 nitrogen and oxygen atoms in total. The average molecular weight is 434 g/mol. The van der Waals surface area contributed by atoms with E-state index in [4.69, 9.17) is 16.4 Å². The van der Waals surface area contributed by atoms with Crippen LogP contribution in [-0.4, -0.2) is 24.9 Å². The van der Waals surface area contributed by atoms with Crippen LogP contribution in [0, 0.1) is 0 Å². The molecule has 11 heteroatoms. The normalized spacial score (nSPS) is 24.5. The highest BCUT2D eigenvalue weighted by Gasteiger charge is 2.28. The topological polar surface area (TPSA) is 147 Å². The maximum Gasteiger partial charge on any atom is 0.197 e. The lowest BCUT2D eigenvalue weighted by atomic mass is 9.92. The summed E-state index contributed by atoms with van der Waals surface area (Å²) in [5.74, 6) is 13.1. The molecule has 30 heavy (non-hydrogen) atoms. The van der Waals surface area contributed by atoms with Gasteiger partial charge in [-0.2, -0.15) is 0 Å². The van der Waals surface area contributed by atoms with Gasteiger partial charge in [0.15, 0.2) is 18.2 Å². The fourth-order valence-corrected chi connectivity index (χ4v) is 4.69. The SMILES string of the molecule is CCCc1cc(C(C)C)c(OC2=CNC(N=NN)NC2N=NN)cc1C1CNCS1. The zero-order valence-corrected chi connectivity index (χ0v) is 18.4. The van der Waals surface area contributed by atoms with Crippen molar-refractivity contribution in [3.8, 4) is 5.75 Å². The Morgan fingerprint density at radius 3 is 2.67 bits per heavy atom. The number of nitrogens with one attached hydrogen (secondary N) is 3. The van der Waals surface area contributed by atoms with Gasteiger partial charge in [-0.25, -0.2) is 5.32 Å². The summed E-state index contributed by atoms with van der Waals surface area (Å²) >= 11 is 1.93. The van der Waals surface area contributed by atoms with E-state index in [-0.39, 0.29) is 0 Å². The van der Waals surface area contributed by atoms with E-state index in [9.17, 15) is 0 Å². The molecule has 0 aliphatic carbocycles. The van der Waals surface area contributed by atoms with Crippen molar-refractivity contribution in [3.05, 3.63) is 40.8 Å². The number of aryl methyl sites for hydroxylation is 1. The van der Waals surface area contributed by atoms with E-state index in [0.717, 1.165) is 36.6 Å². The number of hydrogen-bond donors (Lipinski definition) is 5. The van der Waals surface area contributed by atoms with Crippen molar-refractivity contribution >= 4 is 11.8 Å². The van der Waals surface area contributed by atoms with Crippen molar-refractivity contribution < 1.29 is 4.74 Å². The minimum atomic E-state index is -0.604. The maximum absolute atomic E-state index is 6.37. The predicted octanol–water partition coefficient (Wildman–Crippen LogP) is 2.77. The molecule has 7 N–H and O–H groups in total. The van der Waals surface area contributed by atoms with Crippen LogP contribution in [0.1, 0.15) is 55.1 Å². The van der Waals surface area contributed by atoms with Crippen molar-refractivity contribution in [1.29, 1.82) is 0 Å². The molecule has 1 aromatic carbocycles. The van der Waals surface area contributed by atoms with Crippen LogP contribution < -0.4 is 32.4 Å². The van der Waals surface area contributed by atoms with Crippen LogP contribution in [0.5, 0.6) is 5.75 Å². The fourth-order valence-electron chi connectivity index (χ4n) is 3.62. The molecule has 0 bridgehead atoms. The molecule has 3 atom stereocenters. The van der Waals surface area contributed by atoms with Gasteiger partial charge in [0, 0.05) is 23.9 Å². The van der Waals surface area contributed by atoms with E-state index < -0.39 is 12.5 Å². The molecule has 0 amide bonds. The van der Waals surface area contributed by atoms with E-state index in [1.807, 2.05) is 11.8 Å². The third-order valence-corrected chi connectivity index (χ3v) is 6.23. The maximum atomic E-state index is 6.37. The smallest absolute Gasteiger partial charge is 0.197 e. The summed E-state index contributed by atoms with van der Waals surface area (Å²) in [6.07, 6.45) is 2.71. The zero-order valence-electron chi connectivity index (χ0n) is 17.6. The molecule has 2 aliphatic rings. The minimum absolute atomic E-state index is 0.303. The Hall–Kier alpha value is -2.37. The van der Waals surface area contributed by atoms with E-state index in [2.05, 4.69) is 69.5 Å². The van der Waals surface area contributed by atoms with Crippen molar-refractivity contribution in [1.82, 2.24) is 16.0 Å². The van der Waals surface area contributed by atoms with Gasteiger partial charge in [-0.15, -0.1) is 22.0 Å². The number of thioether (sulfide) groups is 1. The number of hydrogen-bond acceptors (Lipinski definition) is 9. The Morgan fingerprint density at radius 1 is 1.23 bits per heavy atom. The predicted molar refractivity (Wildman–Crippen MR) is 118 cm³/mol. The summed E-state index contributed by atoms with van der Waals surface area (Å²) < 4.78 is 6.37. The molecule has 1 saturated heterocycles. The quantitative estimate of drug-likeness (QED) is 0.240. The Morgan fingerprint density at radius 2 is 2.03 bits per heavy atom. The van der Waals surface area contributed by atoms with Crippen LogP contribution in [-0.2, 0) is 6.42 Å². The van der Waals surface area contributed by atoms with Crippen molar-refractivity contribution in [3.63, 3.8) is 0 Å². The fraction of sp³-hybridized carbons (Fsp3) is 0.579. The van der Waals surface area contributed by atoms with Crippen LogP contribution >= 0.6 is 11.8 Å². The number of nitrogens with two attached hydrogens (primary N) is 2. The monoisotopic (exact) mass is 433 g/mol. The van der Waals surface area contributed by atoms with Gasteiger partial charge in [0.05, 0.1) is 0 Å². The summed E-state index contributed by atoms with van der Waals surface area (Å²) in [4.78, 5) is 0. The summed E-state index contributed by atoms with van der Waals surface area (Å²) in [7, 11) is 0. The second kappa shape index (κ2) is 10.6. The van der Waals surface area contributed by atoms with Crippen LogP contribution in [0.2, 0.25) is 0 Å². The summed E-state index contributed by atoms with van der Waals surface area (Å²) in [5.41, 5.74) is 3.88. The van der Waals surface area contributed by atoms with Gasteiger partial charge in [0.2, 0.25) is 0 Å². The first-order valence-corrected chi connectivity index (χ1v) is 11.2. The Kier molecular flexibility index (Phi) is 7.88. The van der Waals surface area contributed by atoms with Gasteiger partial charge < -0.3 is 27.1 Å². The first-order valence-electron chi connectivity index (χ1n) is 10.2. The third kappa shape index (κ3) is 5.21. The van der Waals surface area contributed by atoms with Crippen molar-refractivity contribution in [2.45, 2.75) is 57.2 Å². The third-order valence-electron chi connectivity index (χ3n) is 5.04. The van der Waals surface area contributed by atoms with Crippen LogP contribution in [0.4, 0.5) is 0 Å². The molecule has 1 fully saturated rings. The number of benzene rings is 1. The van der Waals surface area contributed by atoms with E-state index >= 15 is 0 Å². The number of nitrogens with zero attached hydrogens (tertiary/aromatic N) is 4. The molecule has 0 aromatic heterocycles. The molecule has 0 spiro atoms. The number of rotatable bonds is 8. The highest BCUT2D eigenvalue weighted by atomic mass is 32.2. The number of ether oxygens (including phenoxy) is 1. The Bertz CT molecular complexity index is 805. The molecule has 1 aromatic rings. The first-order chi connectivity index (χ1) is 14.6. The van der Waals surface area contributed by atoms with E-state index in [0.29, 0.717) is 16.9 Å². The largest absolute Gasteiger partial charge is 0.456 e. The Labute approximate surface area is 181 Å². The van der Waals surface area contributed by atoms with Gasteiger partial charge in [0.25, 0.3) is 0 Å². The standard InChI is InChI=1S/C19H31N9OS/c1-4-5-12-6-13(11(2)3)15(7-14(12)17-9-22-10-30-17)29-16-8-23-19(26-28-21)24-18(16)25-27-20/h6-8,11,17-19,22-24H,4-5,9-10H2,1-3H3,(H2,20,25)(H2,21,26). The van der Waals surface area contributed by atoms with Crippen LogP contribution in [0.15, 0.2) is 44.8 Å². The summed E-state index contributed by atoms with van der Waals surface area (Å²) in [6.45, 7) is 7.52. The lowest BCUT2D eigenvalue weighted by molar-refractivity contribution is 0.290. The van der Waals surface area contributed by atoms with E-state index in [1.165, 1.54) is 11.1 Å². The zero-order chi connectivity index (χ0) is 21.5. The second-order valence-electron chi connectivity index (χ2n) is 7.50. The van der Waals surface area contributed by atoms with Crippen LogP contribution in [0.25, 0.3) is 0 Å². The van der Waals surface area contributed by atoms with Crippen molar-refractivity contribution in [2.24, 2.45) is 32.4 Å². The van der Waals surface area contributed by atoms with Gasteiger partial charge in [-0.3, -0.25) is 0 Å². The lowest BCUT2D eigenvalue weighted by Gasteiger charge is -2.28. The molecule has 0 saturated carbocycles. The van der Waals surface area contributed by atoms with Gasteiger partial charge in [0.1, 0.15) is 5.75 Å². The molecule has 164 valence electrons. The highest BCUT2D eigenvalue weighted by molar-refractivity contribution is 7.99. The molecule has 2 aliphatic heterocycles. The average Bonchev–Trinajstić information content (AvgIpc) is 3.25. The molecular formula is C19H31N9OS. The Balaban J connectivity index is 1.97. The van der Waals surface area contributed by atoms with Gasteiger partial charge >= 0.3 is 0 Å². The van der Waals surface area contributed by atoms with Gasteiger partial charge in [-0.1, -0.05) is 43.7 Å². The van der Waals surface area contributed by atoms with Gasteiger partial charge in [-0.05, 0) is 35.1 Å². The molecule has 0 radical (unpaired) electrons. The summed E-state index contributed by atoms with van der Waals surface area (Å²) in [6, 6.07) is 4.49. The molecule has 3 rings (SSSR count). The molecule has 3 unspecified atom stereocenters. The molecule has 2 heterocycles. The second-order valence-corrected chi connectivity index (χ2v) is 8.69. The minimum Gasteiger partial charge on any atom is -0.456 e.